The van der Waals surface area contributed by atoms with Gasteiger partial charge in [0.05, 0.1) is 19.0 Å². The normalized spacial score (nSPS) is 21.5. The molecule has 0 radical (unpaired) electrons. The van der Waals surface area contributed by atoms with Crippen LogP contribution in [0, 0.1) is 0 Å². The van der Waals surface area contributed by atoms with E-state index >= 15 is 0 Å². The molecule has 1 unspecified atom stereocenters. The second kappa shape index (κ2) is 6.00. The standard InChI is InChI=1S/C13H20N2O3S/c1-11-9-18-7-6-15(11)19(16,17)10-13-4-2-12(8-14)3-5-13/h2-5,11H,6-10,14H2,1H3. The molecule has 1 fully saturated rings. The second-order valence-electron chi connectivity index (χ2n) is 4.81. The number of ether oxygens (including phenoxy) is 1. The van der Waals surface area contributed by atoms with Crippen LogP contribution in [0.4, 0.5) is 0 Å². The fraction of sp³-hybridized carbons (Fsp3) is 0.538. The maximum Gasteiger partial charge on any atom is 0.218 e. The third-order valence-electron chi connectivity index (χ3n) is 3.27. The lowest BCUT2D eigenvalue weighted by molar-refractivity contribution is 0.0392. The highest BCUT2D eigenvalue weighted by molar-refractivity contribution is 7.88. The van der Waals surface area contributed by atoms with Crippen molar-refractivity contribution in [2.45, 2.75) is 25.3 Å². The molecule has 2 N–H and O–H groups in total. The summed E-state index contributed by atoms with van der Waals surface area (Å²) in [4.78, 5) is 0. The van der Waals surface area contributed by atoms with Crippen LogP contribution in [0.15, 0.2) is 24.3 Å². The van der Waals surface area contributed by atoms with Gasteiger partial charge in [-0.15, -0.1) is 0 Å². The van der Waals surface area contributed by atoms with Crippen molar-refractivity contribution in [1.82, 2.24) is 4.31 Å². The van der Waals surface area contributed by atoms with Crippen LogP contribution in [0.25, 0.3) is 0 Å². The number of benzene rings is 1. The van der Waals surface area contributed by atoms with Crippen molar-refractivity contribution >= 4 is 10.0 Å². The Kier molecular flexibility index (Phi) is 4.57. The summed E-state index contributed by atoms with van der Waals surface area (Å²) >= 11 is 0. The highest BCUT2D eigenvalue weighted by Gasteiger charge is 2.29. The first-order valence-electron chi connectivity index (χ1n) is 6.38. The minimum absolute atomic E-state index is 0.0300. The maximum absolute atomic E-state index is 12.4. The minimum Gasteiger partial charge on any atom is -0.378 e. The molecule has 0 amide bonds. The van der Waals surface area contributed by atoms with Crippen molar-refractivity contribution in [2.75, 3.05) is 19.8 Å². The molecule has 1 aromatic rings. The Hall–Kier alpha value is -0.950. The molecule has 0 spiro atoms. The van der Waals surface area contributed by atoms with E-state index in [9.17, 15) is 8.42 Å². The van der Waals surface area contributed by atoms with Crippen LogP contribution in [0.3, 0.4) is 0 Å². The lowest BCUT2D eigenvalue weighted by atomic mass is 10.1. The molecule has 1 heterocycles. The number of hydrogen-bond acceptors (Lipinski definition) is 4. The van der Waals surface area contributed by atoms with E-state index in [1.165, 1.54) is 4.31 Å². The summed E-state index contributed by atoms with van der Waals surface area (Å²) in [6.45, 7) is 3.70. The van der Waals surface area contributed by atoms with Gasteiger partial charge in [0.25, 0.3) is 0 Å². The highest BCUT2D eigenvalue weighted by atomic mass is 32.2. The summed E-state index contributed by atoms with van der Waals surface area (Å²) in [5.74, 6) is 0.0300. The molecule has 6 heteroatoms. The highest BCUT2D eigenvalue weighted by Crippen LogP contribution is 2.17. The zero-order chi connectivity index (χ0) is 13.9. The van der Waals surface area contributed by atoms with E-state index < -0.39 is 10.0 Å². The average molecular weight is 284 g/mol. The minimum atomic E-state index is -3.28. The van der Waals surface area contributed by atoms with Crippen molar-refractivity contribution < 1.29 is 13.2 Å². The van der Waals surface area contributed by atoms with Gasteiger partial charge in [-0.1, -0.05) is 24.3 Å². The maximum atomic E-state index is 12.4. The number of sulfonamides is 1. The Labute approximate surface area is 114 Å². The molecule has 0 saturated carbocycles. The molecular formula is C13H20N2O3S. The Bertz CT molecular complexity index is 513. The van der Waals surface area contributed by atoms with Gasteiger partial charge in [-0.3, -0.25) is 0 Å². The van der Waals surface area contributed by atoms with Crippen molar-refractivity contribution in [3.8, 4) is 0 Å². The first-order chi connectivity index (χ1) is 9.03. The number of hydrogen-bond donors (Lipinski definition) is 1. The summed E-state index contributed by atoms with van der Waals surface area (Å²) in [7, 11) is -3.28. The quantitative estimate of drug-likeness (QED) is 0.883. The zero-order valence-corrected chi connectivity index (χ0v) is 11.9. The second-order valence-corrected chi connectivity index (χ2v) is 6.73. The number of rotatable bonds is 4. The van der Waals surface area contributed by atoms with Gasteiger partial charge in [-0.05, 0) is 18.1 Å². The van der Waals surface area contributed by atoms with Crippen LogP contribution in [-0.4, -0.2) is 38.5 Å². The predicted molar refractivity (Wildman–Crippen MR) is 73.9 cm³/mol. The lowest BCUT2D eigenvalue weighted by Gasteiger charge is -2.32. The predicted octanol–water partition coefficient (Wildman–Crippen LogP) is 0.696. The van der Waals surface area contributed by atoms with E-state index in [2.05, 4.69) is 0 Å². The van der Waals surface area contributed by atoms with Crippen LogP contribution < -0.4 is 5.73 Å². The third kappa shape index (κ3) is 3.54. The fourth-order valence-corrected chi connectivity index (χ4v) is 3.93. The molecule has 5 nitrogen and oxygen atoms in total. The van der Waals surface area contributed by atoms with Gasteiger partial charge in [0.1, 0.15) is 0 Å². The van der Waals surface area contributed by atoms with Crippen LogP contribution in [0.5, 0.6) is 0 Å². The van der Waals surface area contributed by atoms with Crippen LogP contribution in [0.2, 0.25) is 0 Å². The molecule has 106 valence electrons. The van der Waals surface area contributed by atoms with Crippen LogP contribution >= 0.6 is 0 Å². The van der Waals surface area contributed by atoms with E-state index in [-0.39, 0.29) is 11.8 Å². The van der Waals surface area contributed by atoms with Gasteiger partial charge in [-0.25, -0.2) is 8.42 Å². The first-order valence-corrected chi connectivity index (χ1v) is 7.99. The molecule has 1 aliphatic rings. The van der Waals surface area contributed by atoms with Gasteiger partial charge in [0, 0.05) is 19.1 Å². The molecule has 1 aromatic carbocycles. The van der Waals surface area contributed by atoms with E-state index in [4.69, 9.17) is 10.5 Å². The van der Waals surface area contributed by atoms with Gasteiger partial charge in [0.15, 0.2) is 0 Å². The summed E-state index contributed by atoms with van der Waals surface area (Å²) in [5, 5.41) is 0. The van der Waals surface area contributed by atoms with Crippen molar-refractivity contribution in [2.24, 2.45) is 5.73 Å². The molecule has 1 aliphatic heterocycles. The van der Waals surface area contributed by atoms with Crippen LogP contribution in [-0.2, 0) is 27.1 Å². The summed E-state index contributed by atoms with van der Waals surface area (Å²) in [6, 6.07) is 7.29. The topological polar surface area (TPSA) is 72.6 Å². The fourth-order valence-electron chi connectivity index (χ4n) is 2.19. The summed E-state index contributed by atoms with van der Waals surface area (Å²) in [6.07, 6.45) is 0. The third-order valence-corrected chi connectivity index (χ3v) is 5.23. The van der Waals surface area contributed by atoms with Gasteiger partial charge >= 0.3 is 0 Å². The Morgan fingerprint density at radius 2 is 1.95 bits per heavy atom. The van der Waals surface area contributed by atoms with Gasteiger partial charge in [0.2, 0.25) is 10.0 Å². The molecular weight excluding hydrogens is 264 g/mol. The first kappa shape index (κ1) is 14.5. The number of nitrogens with zero attached hydrogens (tertiary/aromatic N) is 1. The zero-order valence-electron chi connectivity index (χ0n) is 11.1. The Morgan fingerprint density at radius 1 is 1.32 bits per heavy atom. The molecule has 1 atom stereocenters. The molecule has 0 aliphatic carbocycles. The molecule has 1 saturated heterocycles. The monoisotopic (exact) mass is 284 g/mol. The molecule has 0 bridgehead atoms. The average Bonchev–Trinajstić information content (AvgIpc) is 2.39. The summed E-state index contributed by atoms with van der Waals surface area (Å²) in [5.41, 5.74) is 7.31. The van der Waals surface area contributed by atoms with Gasteiger partial charge < -0.3 is 10.5 Å². The summed E-state index contributed by atoms with van der Waals surface area (Å²) < 4.78 is 31.5. The van der Waals surface area contributed by atoms with Crippen molar-refractivity contribution in [3.05, 3.63) is 35.4 Å². The smallest absolute Gasteiger partial charge is 0.218 e. The molecule has 19 heavy (non-hydrogen) atoms. The Balaban J connectivity index is 2.11. The van der Waals surface area contributed by atoms with E-state index in [1.54, 1.807) is 0 Å². The van der Waals surface area contributed by atoms with Crippen LogP contribution in [0.1, 0.15) is 18.1 Å². The Morgan fingerprint density at radius 3 is 2.53 bits per heavy atom. The van der Waals surface area contributed by atoms with Gasteiger partial charge in [-0.2, -0.15) is 4.31 Å². The SMILES string of the molecule is CC1COCCN1S(=O)(=O)Cc1ccc(CN)cc1. The largest absolute Gasteiger partial charge is 0.378 e. The molecule has 0 aromatic heterocycles. The van der Waals surface area contributed by atoms with E-state index in [0.29, 0.717) is 26.3 Å². The lowest BCUT2D eigenvalue weighted by Crippen LogP contribution is -2.47. The number of morpholine rings is 1. The molecule has 2 rings (SSSR count). The van der Waals surface area contributed by atoms with E-state index in [1.807, 2.05) is 31.2 Å². The van der Waals surface area contributed by atoms with Crippen molar-refractivity contribution in [1.29, 1.82) is 0 Å². The number of nitrogens with two attached hydrogens (primary N) is 1. The van der Waals surface area contributed by atoms with Crippen molar-refractivity contribution in [3.63, 3.8) is 0 Å². The van der Waals surface area contributed by atoms with E-state index in [0.717, 1.165) is 11.1 Å².